The maximum Gasteiger partial charge on any atom is 0.416 e. The molecular weight excluding hydrogens is 403 g/mol. The quantitative estimate of drug-likeness (QED) is 0.490. The summed E-state index contributed by atoms with van der Waals surface area (Å²) >= 11 is 0. The van der Waals surface area contributed by atoms with Crippen LogP contribution in [0.2, 0.25) is 0 Å². The largest absolute Gasteiger partial charge is 0.416 e. The number of alkyl halides is 3. The van der Waals surface area contributed by atoms with E-state index in [4.69, 9.17) is 0 Å². The van der Waals surface area contributed by atoms with Crippen LogP contribution in [0.15, 0.2) is 66.9 Å². The molecule has 0 bridgehead atoms. The van der Waals surface area contributed by atoms with E-state index in [0.29, 0.717) is 18.8 Å². The van der Waals surface area contributed by atoms with Crippen LogP contribution < -0.4 is 5.32 Å². The Kier molecular flexibility index (Phi) is 6.73. The van der Waals surface area contributed by atoms with E-state index in [9.17, 15) is 18.0 Å². The van der Waals surface area contributed by atoms with Gasteiger partial charge in [-0.2, -0.15) is 13.2 Å². The smallest absolute Gasteiger partial charge is 0.345 e. The molecule has 0 aliphatic carbocycles. The predicted octanol–water partition coefficient (Wildman–Crippen LogP) is 6.31. The highest BCUT2D eigenvalue weighted by Crippen LogP contribution is 2.30. The Morgan fingerprint density at radius 3 is 2.26 bits per heavy atom. The summed E-state index contributed by atoms with van der Waals surface area (Å²) in [5, 5.41) is 2.70. The van der Waals surface area contributed by atoms with Crippen molar-refractivity contribution in [2.45, 2.75) is 46.1 Å². The molecule has 0 saturated heterocycles. The lowest BCUT2D eigenvalue weighted by atomic mass is 10.1. The first-order chi connectivity index (χ1) is 14.6. The van der Waals surface area contributed by atoms with Gasteiger partial charge in [-0.05, 0) is 62.7 Å². The van der Waals surface area contributed by atoms with Crippen molar-refractivity contribution >= 4 is 11.7 Å². The molecule has 0 radical (unpaired) electrons. The summed E-state index contributed by atoms with van der Waals surface area (Å²) in [6, 6.07) is 16.2. The summed E-state index contributed by atoms with van der Waals surface area (Å²) in [4.78, 5) is 14.5. The molecule has 3 aromatic rings. The van der Waals surface area contributed by atoms with Crippen LogP contribution >= 0.6 is 0 Å². The second-order valence-corrected chi connectivity index (χ2v) is 7.84. The van der Waals surface area contributed by atoms with Gasteiger partial charge >= 0.3 is 12.2 Å². The van der Waals surface area contributed by atoms with Crippen molar-refractivity contribution in [3.63, 3.8) is 0 Å². The highest BCUT2D eigenvalue weighted by Gasteiger charge is 2.30. The predicted molar refractivity (Wildman–Crippen MR) is 116 cm³/mol. The highest BCUT2D eigenvalue weighted by molar-refractivity contribution is 5.89. The van der Waals surface area contributed by atoms with Crippen LogP contribution in [0.4, 0.5) is 23.7 Å². The average molecular weight is 429 g/mol. The van der Waals surface area contributed by atoms with Gasteiger partial charge in [0.1, 0.15) is 0 Å². The molecule has 31 heavy (non-hydrogen) atoms. The third-order valence-corrected chi connectivity index (χ3v) is 5.08. The van der Waals surface area contributed by atoms with Crippen molar-refractivity contribution in [3.05, 3.63) is 89.2 Å². The SMILES string of the molecule is Cc1ccc(Cn2cccc2CN(C(=O)Nc2ccc(C(F)(F)F)cc2)C(C)C)cc1. The average Bonchev–Trinajstić information content (AvgIpc) is 3.14. The topological polar surface area (TPSA) is 37.3 Å². The second-order valence-electron chi connectivity index (χ2n) is 7.84. The third-order valence-electron chi connectivity index (χ3n) is 5.08. The number of aromatic nitrogens is 1. The Morgan fingerprint density at radius 2 is 1.68 bits per heavy atom. The summed E-state index contributed by atoms with van der Waals surface area (Å²) < 4.78 is 40.3. The fraction of sp³-hybridized carbons (Fsp3) is 0.292. The molecule has 7 heteroatoms. The van der Waals surface area contributed by atoms with Gasteiger partial charge in [-0.25, -0.2) is 4.79 Å². The molecule has 2 aromatic carbocycles. The molecule has 0 aliphatic rings. The number of rotatable bonds is 6. The molecule has 0 unspecified atom stereocenters. The minimum atomic E-state index is -4.41. The van der Waals surface area contributed by atoms with Gasteiger partial charge in [0.2, 0.25) is 0 Å². The van der Waals surface area contributed by atoms with E-state index in [1.54, 1.807) is 4.90 Å². The lowest BCUT2D eigenvalue weighted by Crippen LogP contribution is -2.40. The molecule has 164 valence electrons. The summed E-state index contributed by atoms with van der Waals surface area (Å²) in [6.45, 7) is 6.91. The standard InChI is InChI=1S/C24H26F3N3O/c1-17(2)30(23(31)28-21-12-10-20(11-13-21)24(25,26)27)16-22-5-4-14-29(22)15-19-8-6-18(3)7-9-19/h4-14,17H,15-16H2,1-3H3,(H,28,31). The number of aryl methyl sites for hydroxylation is 1. The number of carbonyl (C=O) groups is 1. The van der Waals surface area contributed by atoms with Gasteiger partial charge in [0.15, 0.2) is 0 Å². The number of nitrogens with one attached hydrogen (secondary N) is 1. The fourth-order valence-electron chi connectivity index (χ4n) is 3.24. The number of halogens is 3. The van der Waals surface area contributed by atoms with Gasteiger partial charge in [0.25, 0.3) is 0 Å². The molecular formula is C24H26F3N3O. The first-order valence-electron chi connectivity index (χ1n) is 10.1. The molecule has 3 rings (SSSR count). The van der Waals surface area contributed by atoms with Crippen LogP contribution in [0.5, 0.6) is 0 Å². The van der Waals surface area contributed by atoms with Gasteiger partial charge in [-0.1, -0.05) is 29.8 Å². The molecule has 0 aliphatic heterocycles. The molecule has 0 saturated carbocycles. The fourth-order valence-corrected chi connectivity index (χ4v) is 3.24. The third kappa shape index (κ3) is 5.90. The Balaban J connectivity index is 1.71. The van der Waals surface area contributed by atoms with Crippen LogP contribution in [-0.4, -0.2) is 21.5 Å². The summed E-state index contributed by atoms with van der Waals surface area (Å²) in [5.74, 6) is 0. The molecule has 0 atom stereocenters. The van der Waals surface area contributed by atoms with Crippen molar-refractivity contribution in [2.75, 3.05) is 5.32 Å². The Morgan fingerprint density at radius 1 is 1.03 bits per heavy atom. The maximum atomic E-state index is 12.9. The molecule has 2 amide bonds. The molecule has 0 spiro atoms. The number of hydrogen-bond donors (Lipinski definition) is 1. The molecule has 4 nitrogen and oxygen atoms in total. The lowest BCUT2D eigenvalue weighted by Gasteiger charge is -2.27. The van der Waals surface area contributed by atoms with E-state index < -0.39 is 11.7 Å². The number of amides is 2. The van der Waals surface area contributed by atoms with Gasteiger partial charge in [0.05, 0.1) is 12.1 Å². The minimum Gasteiger partial charge on any atom is -0.345 e. The lowest BCUT2D eigenvalue weighted by molar-refractivity contribution is -0.137. The Hall–Kier alpha value is -3.22. The number of nitrogens with zero attached hydrogens (tertiary/aromatic N) is 2. The van der Waals surface area contributed by atoms with Gasteiger partial charge in [0, 0.05) is 30.2 Å². The first-order valence-corrected chi connectivity index (χ1v) is 10.1. The van der Waals surface area contributed by atoms with E-state index in [1.807, 2.05) is 39.1 Å². The highest BCUT2D eigenvalue weighted by atomic mass is 19.4. The number of urea groups is 1. The maximum absolute atomic E-state index is 12.9. The van der Waals surface area contributed by atoms with Gasteiger partial charge in [-0.3, -0.25) is 0 Å². The van der Waals surface area contributed by atoms with E-state index in [-0.39, 0.29) is 12.1 Å². The van der Waals surface area contributed by atoms with Crippen LogP contribution in [0, 0.1) is 6.92 Å². The van der Waals surface area contributed by atoms with Crippen molar-refractivity contribution < 1.29 is 18.0 Å². The zero-order valence-electron chi connectivity index (χ0n) is 17.8. The summed E-state index contributed by atoms with van der Waals surface area (Å²) in [7, 11) is 0. The van der Waals surface area contributed by atoms with Crippen molar-refractivity contribution in [1.82, 2.24) is 9.47 Å². The van der Waals surface area contributed by atoms with Crippen molar-refractivity contribution in [1.29, 1.82) is 0 Å². The number of hydrogen-bond acceptors (Lipinski definition) is 1. The van der Waals surface area contributed by atoms with Crippen molar-refractivity contribution in [3.8, 4) is 0 Å². The molecule has 1 N–H and O–H groups in total. The van der Waals surface area contributed by atoms with Crippen molar-refractivity contribution in [2.24, 2.45) is 0 Å². The van der Waals surface area contributed by atoms with E-state index in [2.05, 4.69) is 34.1 Å². The van der Waals surface area contributed by atoms with Crippen LogP contribution in [-0.2, 0) is 19.3 Å². The van der Waals surface area contributed by atoms with E-state index in [0.717, 1.165) is 23.4 Å². The summed E-state index contributed by atoms with van der Waals surface area (Å²) in [6.07, 6.45) is -2.43. The molecule has 0 fully saturated rings. The normalized spacial score (nSPS) is 11.6. The zero-order chi connectivity index (χ0) is 22.6. The first kappa shape index (κ1) is 22.5. The van der Waals surface area contributed by atoms with Crippen LogP contribution in [0.1, 0.15) is 36.2 Å². The Labute approximate surface area is 180 Å². The van der Waals surface area contributed by atoms with Crippen LogP contribution in [0.25, 0.3) is 0 Å². The minimum absolute atomic E-state index is 0.0998. The number of carbonyl (C=O) groups excluding carboxylic acids is 1. The zero-order valence-corrected chi connectivity index (χ0v) is 17.8. The van der Waals surface area contributed by atoms with E-state index in [1.165, 1.54) is 17.7 Å². The Bertz CT molecular complexity index is 1010. The molecule has 1 aromatic heterocycles. The van der Waals surface area contributed by atoms with Gasteiger partial charge < -0.3 is 14.8 Å². The molecule has 1 heterocycles. The van der Waals surface area contributed by atoms with Gasteiger partial charge in [-0.15, -0.1) is 0 Å². The number of anilines is 1. The summed E-state index contributed by atoms with van der Waals surface area (Å²) in [5.41, 5.74) is 2.89. The van der Waals surface area contributed by atoms with Crippen LogP contribution in [0.3, 0.4) is 0 Å². The number of benzene rings is 2. The second kappa shape index (κ2) is 9.29. The monoisotopic (exact) mass is 429 g/mol. The van der Waals surface area contributed by atoms with E-state index >= 15 is 0 Å².